The average molecular weight is 226 g/mol. The largest absolute Gasteiger partial charge is 0.692 e. The van der Waals surface area contributed by atoms with E-state index in [0.717, 1.165) is 0 Å². The van der Waals surface area contributed by atoms with Crippen LogP contribution in [0.3, 0.4) is 0 Å². The molecule has 0 spiro atoms. The van der Waals surface area contributed by atoms with Gasteiger partial charge in [0.05, 0.1) is 0 Å². The van der Waals surface area contributed by atoms with E-state index in [4.69, 9.17) is 28.7 Å². The molecule has 0 fully saturated rings. The molecule has 0 aliphatic rings. The Hall–Kier alpha value is 0.559. The summed E-state index contributed by atoms with van der Waals surface area (Å²) in [6, 6.07) is 0. The van der Waals surface area contributed by atoms with Gasteiger partial charge in [-0.3, -0.25) is 0 Å². The van der Waals surface area contributed by atoms with Crippen molar-refractivity contribution in [2.45, 2.75) is 0 Å². The maximum Gasteiger partial charge on any atom is 0.692 e. The number of rotatable bonds is 0. The molecular formula is H4CuO6P2+2. The Morgan fingerprint density at radius 3 is 0.778 bits per heavy atom. The van der Waals surface area contributed by atoms with Gasteiger partial charge in [-0.25, -0.2) is 0 Å². The summed E-state index contributed by atoms with van der Waals surface area (Å²) in [5.41, 5.74) is 0. The third-order valence-electron chi connectivity index (χ3n) is 0. The van der Waals surface area contributed by atoms with Crippen LogP contribution in [0.5, 0.6) is 0 Å². The van der Waals surface area contributed by atoms with Crippen LogP contribution in [0, 0.1) is 0 Å². The van der Waals surface area contributed by atoms with Crippen LogP contribution in [-0.2, 0) is 26.2 Å². The van der Waals surface area contributed by atoms with Gasteiger partial charge in [0.15, 0.2) is 0 Å². The van der Waals surface area contributed by atoms with E-state index in [0.29, 0.717) is 0 Å². The molecule has 0 aromatic carbocycles. The van der Waals surface area contributed by atoms with Crippen LogP contribution in [0.25, 0.3) is 0 Å². The zero-order chi connectivity index (χ0) is 7.15. The molecule has 0 atom stereocenters. The second-order valence-corrected chi connectivity index (χ2v) is 1.52. The first-order chi connectivity index (χ1) is 3.46. The predicted molar refractivity (Wildman–Crippen MR) is 24.1 cm³/mol. The molecule has 0 unspecified atom stereocenters. The van der Waals surface area contributed by atoms with Crippen LogP contribution in [0.4, 0.5) is 0 Å². The minimum absolute atomic E-state index is 0. The SMILES string of the molecule is O=[P+](O)O.O=[P+](O)O.[Cu]. The standard InChI is InChI=1S/Cu.2HO3P/c;2*1-4(2)3/h;2*(H-,1,2,3)/p+2. The van der Waals surface area contributed by atoms with E-state index in [2.05, 4.69) is 0 Å². The molecule has 6 nitrogen and oxygen atoms in total. The third-order valence-corrected chi connectivity index (χ3v) is 0. The van der Waals surface area contributed by atoms with Crippen molar-refractivity contribution < 1.29 is 45.8 Å². The van der Waals surface area contributed by atoms with Crippen molar-refractivity contribution in [2.75, 3.05) is 0 Å². The maximum absolute atomic E-state index is 8.70. The van der Waals surface area contributed by atoms with E-state index >= 15 is 0 Å². The van der Waals surface area contributed by atoms with Crippen LogP contribution < -0.4 is 0 Å². The second-order valence-electron chi connectivity index (χ2n) is 0.505. The molecule has 0 saturated carbocycles. The van der Waals surface area contributed by atoms with Gasteiger partial charge in [0.2, 0.25) is 0 Å². The molecule has 9 heteroatoms. The van der Waals surface area contributed by atoms with Gasteiger partial charge in [0.25, 0.3) is 0 Å². The first-order valence-corrected chi connectivity index (χ1v) is 3.50. The molecule has 0 bridgehead atoms. The van der Waals surface area contributed by atoms with Crippen LogP contribution in [0.1, 0.15) is 0 Å². The van der Waals surface area contributed by atoms with Gasteiger partial charge >= 0.3 is 16.5 Å². The Bertz CT molecular complexity index is 69.1. The molecule has 4 N–H and O–H groups in total. The van der Waals surface area contributed by atoms with Crippen molar-refractivity contribution in [1.29, 1.82) is 0 Å². The number of hydrogen-bond acceptors (Lipinski definition) is 2. The van der Waals surface area contributed by atoms with E-state index in [1.807, 2.05) is 0 Å². The minimum atomic E-state index is -2.87. The third kappa shape index (κ3) is 1180. The van der Waals surface area contributed by atoms with Crippen LogP contribution in [0.15, 0.2) is 0 Å². The molecule has 0 aromatic rings. The minimum Gasteiger partial charge on any atom is -0.134 e. The monoisotopic (exact) mass is 225 g/mol. The second kappa shape index (κ2) is 11.4. The summed E-state index contributed by atoms with van der Waals surface area (Å²) >= 11 is 0. The van der Waals surface area contributed by atoms with E-state index < -0.39 is 16.5 Å². The fraction of sp³-hybridized carbons (Fsp3) is 0. The van der Waals surface area contributed by atoms with Crippen molar-refractivity contribution in [3.8, 4) is 0 Å². The van der Waals surface area contributed by atoms with Gasteiger partial charge in [0.1, 0.15) is 0 Å². The van der Waals surface area contributed by atoms with Gasteiger partial charge in [0, 0.05) is 26.2 Å². The van der Waals surface area contributed by atoms with E-state index in [-0.39, 0.29) is 17.1 Å². The van der Waals surface area contributed by atoms with Crippen molar-refractivity contribution in [1.82, 2.24) is 0 Å². The molecule has 0 rings (SSSR count). The molecule has 0 amide bonds. The molecule has 0 aromatic heterocycles. The quantitative estimate of drug-likeness (QED) is 0.319. The maximum atomic E-state index is 8.70. The summed E-state index contributed by atoms with van der Waals surface area (Å²) in [6.07, 6.45) is 0. The molecule has 1 radical (unpaired) electrons. The Labute approximate surface area is 62.9 Å². The van der Waals surface area contributed by atoms with Crippen LogP contribution in [-0.4, -0.2) is 19.6 Å². The van der Waals surface area contributed by atoms with Gasteiger partial charge in [-0.05, 0) is 0 Å². The summed E-state index contributed by atoms with van der Waals surface area (Å²) in [5, 5.41) is 0. The van der Waals surface area contributed by atoms with Gasteiger partial charge in [-0.15, -0.1) is 19.6 Å². The summed E-state index contributed by atoms with van der Waals surface area (Å²) in [5.74, 6) is 0. The van der Waals surface area contributed by atoms with E-state index in [1.165, 1.54) is 0 Å². The smallest absolute Gasteiger partial charge is 0.134 e. The Balaban J connectivity index is -0.0000000720. The van der Waals surface area contributed by atoms with Crippen molar-refractivity contribution in [2.24, 2.45) is 0 Å². The van der Waals surface area contributed by atoms with Crippen molar-refractivity contribution >= 4 is 16.5 Å². The van der Waals surface area contributed by atoms with Gasteiger partial charge in [-0.2, -0.15) is 0 Å². The van der Waals surface area contributed by atoms with E-state index in [1.54, 1.807) is 0 Å². The topological polar surface area (TPSA) is 115 Å². The van der Waals surface area contributed by atoms with E-state index in [9.17, 15) is 0 Å². The molecule has 0 heterocycles. The zero-order valence-electron chi connectivity index (χ0n) is 3.80. The first-order valence-electron chi connectivity index (χ1n) is 1.17. The summed E-state index contributed by atoms with van der Waals surface area (Å²) in [6.45, 7) is 0. The van der Waals surface area contributed by atoms with Crippen LogP contribution >= 0.6 is 16.5 Å². The fourth-order valence-corrected chi connectivity index (χ4v) is 0. The van der Waals surface area contributed by atoms with Gasteiger partial charge < -0.3 is 0 Å². The summed E-state index contributed by atoms with van der Waals surface area (Å²) in [4.78, 5) is 28.5. The molecule has 9 heavy (non-hydrogen) atoms. The van der Waals surface area contributed by atoms with Crippen molar-refractivity contribution in [3.63, 3.8) is 0 Å². The Morgan fingerprint density at radius 2 is 0.778 bits per heavy atom. The number of hydrogen-bond donors (Lipinski definition) is 4. The molecule has 0 aliphatic heterocycles. The Morgan fingerprint density at radius 1 is 0.778 bits per heavy atom. The molecule has 0 saturated heterocycles. The Kier molecular flexibility index (Phi) is 20.6. The van der Waals surface area contributed by atoms with Crippen LogP contribution in [0.2, 0.25) is 0 Å². The molecule has 0 aliphatic carbocycles. The van der Waals surface area contributed by atoms with Gasteiger partial charge in [-0.1, -0.05) is 0 Å². The average Bonchev–Trinajstić information content (AvgIpc) is 1.25. The molecule has 59 valence electrons. The zero-order valence-corrected chi connectivity index (χ0v) is 6.53. The fourth-order valence-electron chi connectivity index (χ4n) is 0. The summed E-state index contributed by atoms with van der Waals surface area (Å²) < 4.78 is 17.4. The predicted octanol–water partition coefficient (Wildman–Crippen LogP) is -0.746. The normalized spacial score (nSPS) is 5.78. The molecular weight excluding hydrogens is 221 g/mol. The summed E-state index contributed by atoms with van der Waals surface area (Å²) in [7, 11) is -5.74. The van der Waals surface area contributed by atoms with Crippen molar-refractivity contribution in [3.05, 3.63) is 0 Å². The first kappa shape index (κ1) is 16.3.